The summed E-state index contributed by atoms with van der Waals surface area (Å²) in [6.07, 6.45) is 3.50. The molecule has 0 saturated heterocycles. The molecule has 0 aliphatic carbocycles. The molecule has 0 radical (unpaired) electrons. The summed E-state index contributed by atoms with van der Waals surface area (Å²) in [6, 6.07) is 15.8. The largest absolute Gasteiger partial charge is 0.484 e. The van der Waals surface area contributed by atoms with Crippen LogP contribution in [0.2, 0.25) is 0 Å². The van der Waals surface area contributed by atoms with Crippen LogP contribution in [0.15, 0.2) is 60.9 Å². The number of hydrogen-bond donors (Lipinski definition) is 2. The molecule has 4 rings (SSSR count). The van der Waals surface area contributed by atoms with Gasteiger partial charge in [0.2, 0.25) is 0 Å². The van der Waals surface area contributed by atoms with E-state index in [9.17, 15) is 4.79 Å². The normalized spacial score (nSPS) is 12.2. The second kappa shape index (κ2) is 8.06. The number of aromatic nitrogens is 2. The Labute approximate surface area is 173 Å². The lowest BCUT2D eigenvalue weighted by Gasteiger charge is -2.18. The highest BCUT2D eigenvalue weighted by molar-refractivity contribution is 7.17. The predicted octanol–water partition coefficient (Wildman–Crippen LogP) is 4.02. The maximum atomic E-state index is 12.1. The maximum Gasteiger partial charge on any atom is 0.262 e. The van der Waals surface area contributed by atoms with E-state index in [0.717, 1.165) is 33.9 Å². The number of nitrogens with two attached hydrogens (primary N) is 1. The van der Waals surface area contributed by atoms with Gasteiger partial charge in [0.1, 0.15) is 22.4 Å². The Morgan fingerprint density at radius 2 is 2.07 bits per heavy atom. The molecule has 0 saturated carbocycles. The van der Waals surface area contributed by atoms with Gasteiger partial charge in [-0.15, -0.1) is 11.3 Å². The maximum absolute atomic E-state index is 12.1. The molecule has 3 N–H and O–H groups in total. The Kier molecular flexibility index (Phi) is 5.33. The highest BCUT2D eigenvalue weighted by atomic mass is 32.1. The van der Waals surface area contributed by atoms with Gasteiger partial charge in [-0.1, -0.05) is 30.3 Å². The Morgan fingerprint density at radius 1 is 1.28 bits per heavy atom. The van der Waals surface area contributed by atoms with Crippen LogP contribution in [0.25, 0.3) is 16.2 Å². The lowest BCUT2D eigenvalue weighted by atomic mass is 10.0. The fraction of sp³-hybridized carbons (Fsp3) is 0.182. The third kappa shape index (κ3) is 3.74. The molecular formula is C22H22N4O2S. The number of hydrogen-bond acceptors (Lipinski definition) is 5. The second-order valence-electron chi connectivity index (χ2n) is 6.73. The van der Waals surface area contributed by atoms with Crippen LogP contribution < -0.4 is 15.8 Å². The number of thiophene rings is 1. The standard InChI is InChI=1S/C22H22N4O2S/c1-14(16-8-4-3-7-15(16)12-24-2)28-18-11-19(29-21(18)22(23)27)17-13-25-20-9-5-6-10-26(17)20/h3-11,13-14,24H,12H2,1-2H3,(H2,23,27). The fourth-order valence-corrected chi connectivity index (χ4v) is 4.36. The van der Waals surface area contributed by atoms with Crippen molar-refractivity contribution >= 4 is 22.9 Å². The van der Waals surface area contributed by atoms with Crippen LogP contribution in [0.1, 0.15) is 33.8 Å². The summed E-state index contributed by atoms with van der Waals surface area (Å²) in [5.74, 6) is -0.00378. The van der Waals surface area contributed by atoms with Gasteiger partial charge >= 0.3 is 0 Å². The lowest BCUT2D eigenvalue weighted by Crippen LogP contribution is -2.14. The van der Waals surface area contributed by atoms with E-state index >= 15 is 0 Å². The van der Waals surface area contributed by atoms with Crippen molar-refractivity contribution in [1.82, 2.24) is 14.7 Å². The Hall–Kier alpha value is -3.16. The third-order valence-corrected chi connectivity index (χ3v) is 5.91. The van der Waals surface area contributed by atoms with Crippen molar-refractivity contribution in [2.24, 2.45) is 5.73 Å². The molecule has 1 unspecified atom stereocenters. The SMILES string of the molecule is CNCc1ccccc1C(C)Oc1cc(-c2cnc3ccccn23)sc1C(N)=O. The number of nitrogens with zero attached hydrogens (tertiary/aromatic N) is 2. The summed E-state index contributed by atoms with van der Waals surface area (Å²) >= 11 is 1.32. The number of amides is 1. The first-order chi connectivity index (χ1) is 14.1. The first kappa shape index (κ1) is 19.2. The molecule has 6 nitrogen and oxygen atoms in total. The van der Waals surface area contributed by atoms with Gasteiger partial charge in [0.05, 0.1) is 16.8 Å². The zero-order chi connectivity index (χ0) is 20.4. The summed E-state index contributed by atoms with van der Waals surface area (Å²) in [5.41, 5.74) is 9.60. The van der Waals surface area contributed by atoms with Crippen molar-refractivity contribution in [3.63, 3.8) is 0 Å². The first-order valence-electron chi connectivity index (χ1n) is 9.33. The predicted molar refractivity (Wildman–Crippen MR) is 115 cm³/mol. The molecule has 0 bridgehead atoms. The Morgan fingerprint density at radius 3 is 2.86 bits per heavy atom. The van der Waals surface area contributed by atoms with Gasteiger partial charge in [-0.3, -0.25) is 9.20 Å². The molecule has 0 aliphatic heterocycles. The molecule has 7 heteroatoms. The van der Waals surface area contributed by atoms with Crippen molar-refractivity contribution in [3.8, 4) is 16.3 Å². The number of carbonyl (C=O) groups excluding carboxylic acids is 1. The molecule has 29 heavy (non-hydrogen) atoms. The van der Waals surface area contributed by atoms with Crippen molar-refractivity contribution in [3.05, 3.63) is 76.9 Å². The highest BCUT2D eigenvalue weighted by Crippen LogP contribution is 2.38. The number of benzene rings is 1. The van der Waals surface area contributed by atoms with E-state index in [0.29, 0.717) is 10.6 Å². The molecule has 148 valence electrons. The Balaban J connectivity index is 1.70. The molecular weight excluding hydrogens is 384 g/mol. The van der Waals surface area contributed by atoms with Crippen LogP contribution in [0.4, 0.5) is 0 Å². The number of carbonyl (C=O) groups is 1. The van der Waals surface area contributed by atoms with Crippen LogP contribution in [0.5, 0.6) is 5.75 Å². The van der Waals surface area contributed by atoms with Gasteiger partial charge in [0, 0.05) is 18.8 Å². The van der Waals surface area contributed by atoms with Crippen molar-refractivity contribution in [1.29, 1.82) is 0 Å². The van der Waals surface area contributed by atoms with Crippen molar-refractivity contribution < 1.29 is 9.53 Å². The van der Waals surface area contributed by atoms with Crippen LogP contribution in [0, 0.1) is 0 Å². The quantitative estimate of drug-likeness (QED) is 0.486. The molecule has 3 heterocycles. The summed E-state index contributed by atoms with van der Waals surface area (Å²) in [6.45, 7) is 2.72. The highest BCUT2D eigenvalue weighted by Gasteiger charge is 2.21. The molecule has 4 aromatic rings. The van der Waals surface area contributed by atoms with Gasteiger partial charge in [0.15, 0.2) is 0 Å². The zero-order valence-electron chi connectivity index (χ0n) is 16.3. The van der Waals surface area contributed by atoms with Crippen LogP contribution in [0.3, 0.4) is 0 Å². The fourth-order valence-electron chi connectivity index (χ4n) is 3.41. The van der Waals surface area contributed by atoms with E-state index < -0.39 is 5.91 Å². The van der Waals surface area contributed by atoms with Gasteiger partial charge in [0.25, 0.3) is 5.91 Å². The number of primary amides is 1. The topological polar surface area (TPSA) is 81.7 Å². The lowest BCUT2D eigenvalue weighted by molar-refractivity contribution is 0.0998. The molecule has 1 atom stereocenters. The molecule has 0 spiro atoms. The van der Waals surface area contributed by atoms with Crippen LogP contribution in [-0.2, 0) is 6.54 Å². The number of nitrogens with one attached hydrogen (secondary N) is 1. The molecule has 1 aromatic carbocycles. The van der Waals surface area contributed by atoms with E-state index in [1.54, 1.807) is 6.20 Å². The molecule has 3 aromatic heterocycles. The minimum absolute atomic E-state index is 0.234. The van der Waals surface area contributed by atoms with Crippen LogP contribution >= 0.6 is 11.3 Å². The summed E-state index contributed by atoms with van der Waals surface area (Å²) < 4.78 is 8.20. The smallest absolute Gasteiger partial charge is 0.262 e. The zero-order valence-corrected chi connectivity index (χ0v) is 17.1. The van der Waals surface area contributed by atoms with Gasteiger partial charge in [-0.05, 0) is 37.2 Å². The van der Waals surface area contributed by atoms with E-state index in [-0.39, 0.29) is 6.10 Å². The Bertz CT molecular complexity index is 1160. The van der Waals surface area contributed by atoms with Crippen molar-refractivity contribution in [2.75, 3.05) is 7.05 Å². The second-order valence-corrected chi connectivity index (χ2v) is 7.78. The van der Waals surface area contributed by atoms with E-state index in [4.69, 9.17) is 10.5 Å². The number of ether oxygens (including phenoxy) is 1. The summed E-state index contributed by atoms with van der Waals surface area (Å²) in [7, 11) is 1.91. The monoisotopic (exact) mass is 406 g/mol. The average molecular weight is 407 g/mol. The molecule has 1 amide bonds. The van der Waals surface area contributed by atoms with Gasteiger partial charge in [-0.2, -0.15) is 0 Å². The molecule has 0 fully saturated rings. The minimum atomic E-state index is -0.499. The number of imidazole rings is 1. The van der Waals surface area contributed by atoms with Crippen LogP contribution in [-0.4, -0.2) is 22.3 Å². The van der Waals surface area contributed by atoms with Gasteiger partial charge < -0.3 is 15.8 Å². The van der Waals surface area contributed by atoms with Gasteiger partial charge in [-0.25, -0.2) is 4.98 Å². The van der Waals surface area contributed by atoms with Crippen molar-refractivity contribution in [2.45, 2.75) is 19.6 Å². The minimum Gasteiger partial charge on any atom is -0.484 e. The summed E-state index contributed by atoms with van der Waals surface area (Å²) in [5, 5.41) is 3.18. The average Bonchev–Trinajstić information content (AvgIpc) is 3.32. The number of rotatable bonds is 7. The summed E-state index contributed by atoms with van der Waals surface area (Å²) in [4.78, 5) is 17.8. The number of pyridine rings is 1. The first-order valence-corrected chi connectivity index (χ1v) is 10.1. The van der Waals surface area contributed by atoms with E-state index in [1.807, 2.05) is 67.0 Å². The number of fused-ring (bicyclic) bond motifs is 1. The third-order valence-electron chi connectivity index (χ3n) is 4.76. The van der Waals surface area contributed by atoms with E-state index in [2.05, 4.69) is 16.4 Å². The molecule has 0 aliphatic rings. The van der Waals surface area contributed by atoms with E-state index in [1.165, 1.54) is 11.3 Å².